The third kappa shape index (κ3) is 4.77. The van der Waals surface area contributed by atoms with Crippen LogP contribution in [-0.4, -0.2) is 81.6 Å². The molecule has 9 nitrogen and oxygen atoms in total. The van der Waals surface area contributed by atoms with Gasteiger partial charge in [0, 0.05) is 54.0 Å². The van der Waals surface area contributed by atoms with E-state index in [1.54, 1.807) is 18.2 Å². The lowest BCUT2D eigenvalue weighted by atomic mass is 9.95. The maximum atomic E-state index is 17.0. The fourth-order valence-electron chi connectivity index (χ4n) is 8.18. The molecule has 3 N–H and O–H groups in total. The molecule has 46 heavy (non-hydrogen) atoms. The van der Waals surface area contributed by atoms with Crippen LogP contribution in [0.2, 0.25) is 0 Å². The Kier molecular flexibility index (Phi) is 7.10. The van der Waals surface area contributed by atoms with Gasteiger partial charge in [-0.3, -0.25) is 4.90 Å². The van der Waals surface area contributed by atoms with E-state index in [4.69, 9.17) is 25.9 Å². The summed E-state index contributed by atoms with van der Waals surface area (Å²) in [6.45, 7) is 4.51. The molecule has 4 aliphatic heterocycles. The zero-order chi connectivity index (χ0) is 31.6. The van der Waals surface area contributed by atoms with Crippen LogP contribution in [0.25, 0.3) is 32.9 Å². The van der Waals surface area contributed by atoms with Crippen molar-refractivity contribution in [3.8, 4) is 41.2 Å². The Bertz CT molecular complexity index is 1900. The van der Waals surface area contributed by atoms with Crippen LogP contribution in [0, 0.1) is 24.1 Å². The van der Waals surface area contributed by atoms with Crippen LogP contribution in [0.3, 0.4) is 0 Å². The minimum Gasteiger partial charge on any atom is -0.508 e. The summed E-state index contributed by atoms with van der Waals surface area (Å²) in [7, 11) is 0. The largest absolute Gasteiger partial charge is 0.508 e. The van der Waals surface area contributed by atoms with Crippen molar-refractivity contribution in [2.45, 2.75) is 62.8 Å². The number of aromatic nitrogens is 3. The number of rotatable bonds is 5. The maximum absolute atomic E-state index is 17.0. The molecule has 2 aromatic carbocycles. The van der Waals surface area contributed by atoms with Crippen molar-refractivity contribution in [2.24, 2.45) is 5.92 Å². The first-order valence-corrected chi connectivity index (χ1v) is 16.1. The SMILES string of the molecule is C#Cc1cccc2cc(O)cc(-c3nc4c5c(nc(OC[C@@]67CCCN6C[C@H](F)C7)nc5c3F)NC[C@H]3C[C@H](CO4)[C@H](CC)N3)c12. The smallest absolute Gasteiger partial charge is 0.319 e. The number of fused-ring (bicyclic) bond motifs is 4. The number of hydrogen-bond acceptors (Lipinski definition) is 9. The van der Waals surface area contributed by atoms with E-state index >= 15 is 4.39 Å². The summed E-state index contributed by atoms with van der Waals surface area (Å²) >= 11 is 0. The van der Waals surface area contributed by atoms with Gasteiger partial charge in [0.05, 0.1) is 12.1 Å². The van der Waals surface area contributed by atoms with Gasteiger partial charge >= 0.3 is 6.01 Å². The zero-order valence-corrected chi connectivity index (χ0v) is 25.7. The van der Waals surface area contributed by atoms with Gasteiger partial charge in [-0.15, -0.1) is 6.42 Å². The van der Waals surface area contributed by atoms with Gasteiger partial charge in [-0.2, -0.15) is 9.97 Å². The van der Waals surface area contributed by atoms with E-state index in [-0.39, 0.29) is 53.5 Å². The number of benzene rings is 2. The monoisotopic (exact) mass is 626 g/mol. The number of phenols is 1. The highest BCUT2D eigenvalue weighted by Crippen LogP contribution is 2.43. The highest BCUT2D eigenvalue weighted by molar-refractivity contribution is 6.03. The average Bonchev–Trinajstić information content (AvgIpc) is 3.72. The van der Waals surface area contributed by atoms with Gasteiger partial charge in [0.1, 0.15) is 40.9 Å². The van der Waals surface area contributed by atoms with Gasteiger partial charge < -0.3 is 25.2 Å². The molecule has 0 unspecified atom stereocenters. The van der Waals surface area contributed by atoms with Gasteiger partial charge in [-0.25, -0.2) is 13.8 Å². The van der Waals surface area contributed by atoms with E-state index < -0.39 is 17.5 Å². The molecule has 2 aromatic heterocycles. The Morgan fingerprint density at radius 1 is 1.24 bits per heavy atom. The molecule has 0 saturated carbocycles. The molecule has 8 rings (SSSR count). The molecule has 238 valence electrons. The van der Waals surface area contributed by atoms with Crippen LogP contribution in [0.4, 0.5) is 14.6 Å². The van der Waals surface area contributed by atoms with Crippen LogP contribution in [0.15, 0.2) is 30.3 Å². The third-order valence-corrected chi connectivity index (χ3v) is 10.3. The fourth-order valence-corrected chi connectivity index (χ4v) is 8.18. The molecule has 0 spiro atoms. The van der Waals surface area contributed by atoms with Crippen molar-refractivity contribution in [1.82, 2.24) is 25.2 Å². The van der Waals surface area contributed by atoms with Crippen molar-refractivity contribution in [2.75, 3.05) is 38.2 Å². The molecule has 3 saturated heterocycles. The lowest BCUT2D eigenvalue weighted by Gasteiger charge is -2.30. The summed E-state index contributed by atoms with van der Waals surface area (Å²) < 4.78 is 44.1. The molecule has 0 radical (unpaired) electrons. The second-order valence-electron chi connectivity index (χ2n) is 13.1. The highest BCUT2D eigenvalue weighted by Gasteiger charge is 2.49. The van der Waals surface area contributed by atoms with Crippen LogP contribution >= 0.6 is 0 Å². The molecule has 11 heteroatoms. The quantitative estimate of drug-likeness (QED) is 0.258. The lowest BCUT2D eigenvalue weighted by molar-refractivity contribution is 0.107. The number of pyridine rings is 1. The Labute approximate surface area is 265 Å². The maximum Gasteiger partial charge on any atom is 0.319 e. The van der Waals surface area contributed by atoms with Crippen molar-refractivity contribution in [3.05, 3.63) is 41.7 Å². The normalized spacial score (nSPS) is 27.3. The number of aromatic hydroxyl groups is 1. The number of hydrogen-bond donors (Lipinski definition) is 3. The average molecular weight is 627 g/mol. The molecule has 4 aliphatic rings. The molecule has 2 bridgehead atoms. The number of terminal acetylenes is 1. The fraction of sp³-hybridized carbons (Fsp3) is 0.457. The number of ether oxygens (including phenoxy) is 2. The van der Waals surface area contributed by atoms with Crippen LogP contribution in [0.1, 0.15) is 44.6 Å². The predicted molar refractivity (Wildman–Crippen MR) is 171 cm³/mol. The second-order valence-corrected chi connectivity index (χ2v) is 13.1. The molecule has 0 amide bonds. The topological polar surface area (TPSA) is 105 Å². The Hall–Kier alpha value is -4.27. The molecule has 6 heterocycles. The van der Waals surface area contributed by atoms with Crippen LogP contribution < -0.4 is 20.1 Å². The second kappa shape index (κ2) is 11.2. The third-order valence-electron chi connectivity index (χ3n) is 10.3. The Balaban J connectivity index is 1.30. The number of nitrogens with one attached hydrogen (secondary N) is 2. The van der Waals surface area contributed by atoms with Crippen LogP contribution in [0.5, 0.6) is 17.6 Å². The van der Waals surface area contributed by atoms with Crippen molar-refractivity contribution >= 4 is 27.5 Å². The molecule has 0 aliphatic carbocycles. The summed E-state index contributed by atoms with van der Waals surface area (Å²) in [6.07, 6.45) is 8.98. The van der Waals surface area contributed by atoms with E-state index in [0.29, 0.717) is 59.2 Å². The van der Waals surface area contributed by atoms with Gasteiger partial charge in [-0.05, 0) is 55.8 Å². The van der Waals surface area contributed by atoms with Crippen molar-refractivity contribution in [1.29, 1.82) is 0 Å². The first kappa shape index (κ1) is 29.2. The van der Waals surface area contributed by atoms with Gasteiger partial charge in [0.15, 0.2) is 5.82 Å². The van der Waals surface area contributed by atoms with E-state index in [1.807, 2.05) is 6.07 Å². The summed E-state index contributed by atoms with van der Waals surface area (Å²) in [4.78, 5) is 16.2. The number of phenolic OH excluding ortho intramolecular Hbond substituents is 1. The summed E-state index contributed by atoms with van der Waals surface area (Å²) in [6, 6.07) is 8.86. The van der Waals surface area contributed by atoms with E-state index in [9.17, 15) is 9.50 Å². The van der Waals surface area contributed by atoms with E-state index in [1.165, 1.54) is 6.07 Å². The number of nitrogens with zero attached hydrogens (tertiary/aromatic N) is 4. The minimum absolute atomic E-state index is 0.00799. The zero-order valence-electron chi connectivity index (χ0n) is 25.7. The van der Waals surface area contributed by atoms with E-state index in [2.05, 4.69) is 33.4 Å². The van der Waals surface area contributed by atoms with Gasteiger partial charge in [0.2, 0.25) is 5.88 Å². The standard InChI is InChI=1S/C35H36F2N6O3/c1-3-19-7-5-8-20-12-24(44)13-25(27(19)20)30-29(37)31-28-32(38-15-23-11-21(26(4-2)39-23)17-45-33(28)40-30)42-34(41-31)46-18-35-9-6-10-43(35)16-22(36)14-35/h1,5,7-8,12-13,21-23,26,39,44H,4,6,9-11,14-18H2,2H3,(H,38,41,42)/t21-,22-,23-,26+,35+/m1/s1. The summed E-state index contributed by atoms with van der Waals surface area (Å²) in [5, 5.41) is 19.3. The first-order chi connectivity index (χ1) is 22.4. The van der Waals surface area contributed by atoms with E-state index in [0.717, 1.165) is 32.2 Å². The lowest BCUT2D eigenvalue weighted by Crippen LogP contribution is -2.43. The number of alkyl halides is 1. The minimum atomic E-state index is -0.908. The summed E-state index contributed by atoms with van der Waals surface area (Å²) in [5.74, 6) is 2.69. The van der Waals surface area contributed by atoms with Crippen molar-refractivity contribution in [3.63, 3.8) is 0 Å². The van der Waals surface area contributed by atoms with Gasteiger partial charge in [-0.1, -0.05) is 25.0 Å². The van der Waals surface area contributed by atoms with Crippen molar-refractivity contribution < 1.29 is 23.4 Å². The predicted octanol–water partition coefficient (Wildman–Crippen LogP) is 5.19. The summed E-state index contributed by atoms with van der Waals surface area (Å²) in [5.41, 5.74) is 0.365. The highest BCUT2D eigenvalue weighted by atomic mass is 19.1. The van der Waals surface area contributed by atoms with Crippen LogP contribution in [-0.2, 0) is 0 Å². The molecular formula is C35H36F2N6O3. The van der Waals surface area contributed by atoms with Gasteiger partial charge in [0.25, 0.3) is 0 Å². The molecule has 3 fully saturated rings. The molecule has 4 aromatic rings. The molecule has 5 atom stereocenters. The Morgan fingerprint density at radius 3 is 2.98 bits per heavy atom. The first-order valence-electron chi connectivity index (χ1n) is 16.1. The number of anilines is 1. The Morgan fingerprint density at radius 2 is 2.13 bits per heavy atom. The molecular weight excluding hydrogens is 590 g/mol. The number of halogens is 2.